The summed E-state index contributed by atoms with van der Waals surface area (Å²) in [7, 11) is 0. The van der Waals surface area contributed by atoms with Crippen LogP contribution in [0.4, 0.5) is 0 Å². The molecular weight excluding hydrogens is 343 g/mol. The number of benzene rings is 1. The van der Waals surface area contributed by atoms with Crippen molar-refractivity contribution in [3.63, 3.8) is 0 Å². The van der Waals surface area contributed by atoms with Gasteiger partial charge in [0.05, 0.1) is 0 Å². The molecule has 0 spiro atoms. The van der Waals surface area contributed by atoms with Crippen molar-refractivity contribution >= 4 is 0 Å². The second-order valence-electron chi connectivity index (χ2n) is 5.72. The van der Waals surface area contributed by atoms with Crippen LogP contribution in [0.3, 0.4) is 0 Å². The van der Waals surface area contributed by atoms with Crippen LogP contribution in [-0.2, 0) is 32.6 Å². The van der Waals surface area contributed by atoms with Gasteiger partial charge in [0.25, 0.3) is 0 Å². The predicted molar refractivity (Wildman–Crippen MR) is 92.3 cm³/mol. The molecule has 3 rings (SSSR count). The van der Waals surface area contributed by atoms with E-state index >= 15 is 0 Å². The first kappa shape index (κ1) is 18.9. The summed E-state index contributed by atoms with van der Waals surface area (Å²) in [6.07, 6.45) is 1.05. The van der Waals surface area contributed by atoms with Gasteiger partial charge in [-0.3, -0.25) is 0 Å². The van der Waals surface area contributed by atoms with Gasteiger partial charge >= 0.3 is 26.2 Å². The summed E-state index contributed by atoms with van der Waals surface area (Å²) in [6, 6.07) is 21.3. The molecule has 0 atom stereocenters. The van der Waals surface area contributed by atoms with Crippen LogP contribution in [0.1, 0.15) is 33.4 Å². The van der Waals surface area contributed by atoms with Crippen LogP contribution in [0.2, 0.25) is 0 Å². The van der Waals surface area contributed by atoms with Gasteiger partial charge in [-0.2, -0.15) is 46.0 Å². The molecule has 1 heteroatoms. The second kappa shape index (κ2) is 9.06. The second-order valence-corrected chi connectivity index (χ2v) is 5.72. The van der Waals surface area contributed by atoms with Crippen LogP contribution in [0.25, 0.3) is 0 Å². The van der Waals surface area contributed by atoms with Crippen molar-refractivity contribution in [2.24, 2.45) is 0 Å². The van der Waals surface area contributed by atoms with Crippen molar-refractivity contribution < 1.29 is 26.2 Å². The van der Waals surface area contributed by atoms with Crippen LogP contribution >= 0.6 is 0 Å². The van der Waals surface area contributed by atoms with Crippen molar-refractivity contribution in [2.45, 2.75) is 34.1 Å². The number of hydrogen-bond donors (Lipinski definition) is 0. The Morgan fingerprint density at radius 3 is 1.86 bits per heavy atom. The fourth-order valence-corrected chi connectivity index (χ4v) is 2.50. The van der Waals surface area contributed by atoms with Gasteiger partial charge < -0.3 is 0 Å². The number of hydrogen-bond acceptors (Lipinski definition) is 0. The molecule has 0 heterocycles. The van der Waals surface area contributed by atoms with E-state index in [0.29, 0.717) is 0 Å². The smallest absolute Gasteiger partial charge is 0.213 e. The molecule has 0 aliphatic carbocycles. The topological polar surface area (TPSA) is 0 Å². The van der Waals surface area contributed by atoms with Gasteiger partial charge in [0.2, 0.25) is 0 Å². The molecule has 0 unspecified atom stereocenters. The quantitative estimate of drug-likeness (QED) is 0.515. The van der Waals surface area contributed by atoms with Gasteiger partial charge in [0, 0.05) is 0 Å². The number of rotatable bonds is 2. The minimum Gasteiger partial charge on any atom is -0.213 e. The van der Waals surface area contributed by atoms with Crippen LogP contribution in [-0.4, -0.2) is 0 Å². The maximum atomic E-state index is 2.24. The van der Waals surface area contributed by atoms with E-state index < -0.39 is 0 Å². The third kappa shape index (κ3) is 5.22. The molecule has 0 fully saturated rings. The first-order chi connectivity index (χ1) is 10.1. The zero-order valence-electron chi connectivity index (χ0n) is 14.0. The summed E-state index contributed by atoms with van der Waals surface area (Å²) >= 11 is 0. The average molecular weight is 368 g/mol. The van der Waals surface area contributed by atoms with E-state index in [9.17, 15) is 0 Å². The molecule has 3 aromatic carbocycles. The van der Waals surface area contributed by atoms with Crippen LogP contribution in [0.15, 0.2) is 60.7 Å². The predicted octanol–water partition coefficient (Wildman–Crippen LogP) is 5.63. The van der Waals surface area contributed by atoms with E-state index in [4.69, 9.17) is 0 Å². The van der Waals surface area contributed by atoms with Crippen LogP contribution in [0.5, 0.6) is 0 Å². The first-order valence-electron chi connectivity index (χ1n) is 7.52. The van der Waals surface area contributed by atoms with Crippen molar-refractivity contribution in [1.29, 1.82) is 0 Å². The molecule has 0 saturated carbocycles. The van der Waals surface area contributed by atoms with Crippen molar-refractivity contribution in [1.82, 2.24) is 0 Å². The van der Waals surface area contributed by atoms with E-state index in [-0.39, 0.29) is 26.2 Å². The molecular formula is C21H24Zr. The molecule has 0 bridgehead atoms. The van der Waals surface area contributed by atoms with Crippen molar-refractivity contribution in [3.05, 3.63) is 94.0 Å². The Morgan fingerprint density at radius 1 is 0.864 bits per heavy atom. The van der Waals surface area contributed by atoms with Crippen LogP contribution in [0, 0.1) is 27.7 Å². The zero-order chi connectivity index (χ0) is 15.2. The average Bonchev–Trinajstić information content (AvgIpc) is 3.06. The summed E-state index contributed by atoms with van der Waals surface area (Å²) in [5.74, 6) is 0. The Bertz CT molecular complexity index is 635. The van der Waals surface area contributed by atoms with Crippen molar-refractivity contribution in [3.8, 4) is 0 Å². The minimum atomic E-state index is 0. The molecule has 22 heavy (non-hydrogen) atoms. The Hall–Kier alpha value is -1.20. The monoisotopic (exact) mass is 366 g/mol. The normalized spacial score (nSPS) is 9.64. The van der Waals surface area contributed by atoms with Gasteiger partial charge in [-0.1, -0.05) is 63.6 Å². The SMILES string of the molecule is Cc1c[c-](C)c(C)c1C.[Zr+2].c1ccc(C[c-]2cccc2)cc1. The maximum Gasteiger partial charge on any atom is 2.00 e. The summed E-state index contributed by atoms with van der Waals surface area (Å²) in [6.45, 7) is 8.68. The molecule has 0 aliphatic heterocycles. The summed E-state index contributed by atoms with van der Waals surface area (Å²) in [5.41, 5.74) is 8.51. The Labute approximate surface area is 154 Å². The summed E-state index contributed by atoms with van der Waals surface area (Å²) < 4.78 is 0. The molecule has 0 saturated heterocycles. The Kier molecular flexibility index (Phi) is 7.76. The summed E-state index contributed by atoms with van der Waals surface area (Å²) in [5, 5.41) is 0. The van der Waals surface area contributed by atoms with Crippen LogP contribution < -0.4 is 0 Å². The standard InChI is InChI=1S/C12H11.C9H13.Zr/c1-2-6-11(7-3-1)10-12-8-4-5-9-12;1-6-5-7(2)9(4)8(6)3;/h1-9H,10H2;5H,1-4H3;/q2*-1;+2. The summed E-state index contributed by atoms with van der Waals surface area (Å²) in [4.78, 5) is 0. The maximum absolute atomic E-state index is 2.24. The van der Waals surface area contributed by atoms with Gasteiger partial charge in [-0.05, 0) is 6.42 Å². The van der Waals surface area contributed by atoms with Gasteiger partial charge in [0.15, 0.2) is 0 Å². The molecule has 0 nitrogen and oxygen atoms in total. The third-order valence-electron chi connectivity index (χ3n) is 4.16. The minimum absolute atomic E-state index is 0. The zero-order valence-corrected chi connectivity index (χ0v) is 16.4. The molecule has 0 radical (unpaired) electrons. The van der Waals surface area contributed by atoms with E-state index in [1.54, 1.807) is 0 Å². The molecule has 112 valence electrons. The first-order valence-corrected chi connectivity index (χ1v) is 7.52. The fourth-order valence-electron chi connectivity index (χ4n) is 2.50. The fraction of sp³-hybridized carbons (Fsp3) is 0.238. The Morgan fingerprint density at radius 2 is 1.45 bits per heavy atom. The van der Waals surface area contributed by atoms with Gasteiger partial charge in [-0.25, -0.2) is 12.1 Å². The van der Waals surface area contributed by atoms with E-state index in [1.165, 1.54) is 33.4 Å². The molecule has 3 aromatic rings. The van der Waals surface area contributed by atoms with E-state index in [0.717, 1.165) is 6.42 Å². The molecule has 0 amide bonds. The number of aryl methyl sites for hydroxylation is 2. The van der Waals surface area contributed by atoms with Gasteiger partial charge in [0.1, 0.15) is 0 Å². The molecule has 0 aliphatic rings. The van der Waals surface area contributed by atoms with E-state index in [1.807, 2.05) is 0 Å². The van der Waals surface area contributed by atoms with Gasteiger partial charge in [-0.15, -0.1) is 0 Å². The van der Waals surface area contributed by atoms with Crippen molar-refractivity contribution in [2.75, 3.05) is 0 Å². The molecule has 0 aromatic heterocycles. The molecule has 0 N–H and O–H groups in total. The largest absolute Gasteiger partial charge is 2.00 e. The third-order valence-corrected chi connectivity index (χ3v) is 4.16. The van der Waals surface area contributed by atoms with E-state index in [2.05, 4.69) is 88.4 Å². The Balaban J connectivity index is 0.000000219.